The van der Waals surface area contributed by atoms with E-state index in [0.29, 0.717) is 113 Å². The van der Waals surface area contributed by atoms with Crippen molar-refractivity contribution in [3.05, 3.63) is 117 Å². The number of nitrogens with zero attached hydrogens (tertiary/aromatic N) is 4. The summed E-state index contributed by atoms with van der Waals surface area (Å²) < 4.78 is 37.2. The number of carbonyl (C=O) groups excluding carboxylic acids is 10. The van der Waals surface area contributed by atoms with Crippen molar-refractivity contribution in [2.75, 3.05) is 84.7 Å². The number of phenols is 1. The number of esters is 2. The number of benzene rings is 4. The Kier molecular flexibility index (Phi) is 20.4. The van der Waals surface area contributed by atoms with Crippen LogP contribution in [-0.2, 0) is 82.2 Å². The van der Waals surface area contributed by atoms with Gasteiger partial charge >= 0.3 is 11.9 Å². The number of aromatic hydroxyl groups is 1. The number of aryl methyl sites for hydroxylation is 1. The number of piperazine rings is 1. The number of rotatable bonds is 24. The summed E-state index contributed by atoms with van der Waals surface area (Å²) in [5.74, 6) is -4.04. The minimum atomic E-state index is -1.50. The molecule has 0 radical (unpaired) electrons. The normalized spacial score (nSPS) is 22.9. The SMILES string of the molecule is COc1c(C)cc2c(c1O)[C@H]1[C@@H]3[C@@H]4SC[C@]5(NCCc6c5[nH]c5ccc(N(C)C(=O)[C@H](OCNC(=O)CNC(=O)[C@H](Cc7ccccc7)NC(=O)CNC(=O)CNC(=O)CCCCCN7C(=O)C=CC7=O)C7CC7)cc65)C(=O)OC[C@@H](c5c6c(c(C)c(OC(C)=O)c54)OCO6)N3[C@@H](O)[C@@H](C2)N1C. The number of fused-ring (bicyclic) bond motifs is 11. The van der Waals surface area contributed by atoms with Crippen molar-refractivity contribution < 1.29 is 86.6 Å². The number of anilines is 1. The van der Waals surface area contributed by atoms with Crippen LogP contribution in [0.1, 0.15) is 113 Å². The summed E-state index contributed by atoms with van der Waals surface area (Å²) in [5, 5.41) is 41.6. The molecule has 3 fully saturated rings. The molecule has 1 aliphatic carbocycles. The first-order valence-electron chi connectivity index (χ1n) is 34.3. The smallest absolute Gasteiger partial charge is 0.333 e. The van der Waals surface area contributed by atoms with Crippen molar-refractivity contribution in [3.8, 4) is 28.7 Å². The molecule has 4 aromatic carbocycles. The number of ether oxygens (including phenoxy) is 6. The molecule has 9 N–H and O–H groups in total. The topological polar surface area (TPSA) is 367 Å². The summed E-state index contributed by atoms with van der Waals surface area (Å²) in [7, 11) is 5.10. The van der Waals surface area contributed by atoms with Crippen LogP contribution in [0.4, 0.5) is 5.69 Å². The Hall–Kier alpha value is -9.59. The molecule has 1 saturated carbocycles. The Morgan fingerprint density at radius 3 is 2.31 bits per heavy atom. The molecular weight excluding hydrogens is 1340 g/mol. The van der Waals surface area contributed by atoms with Crippen LogP contribution >= 0.6 is 11.8 Å². The molecular formula is C72H83N11O18S. The molecule has 540 valence electrons. The second-order valence-electron chi connectivity index (χ2n) is 27.1. The van der Waals surface area contributed by atoms with Crippen LogP contribution < -0.4 is 55.7 Å². The van der Waals surface area contributed by atoms with Crippen LogP contribution in [0.5, 0.6) is 28.7 Å². The molecule has 2 saturated heterocycles. The maximum absolute atomic E-state index is 15.5. The van der Waals surface area contributed by atoms with Crippen molar-refractivity contribution in [2.24, 2.45) is 5.92 Å². The number of thioether (sulfide) groups is 1. The standard InChI is InChI=1S/C72H83N11O18S/c1-36-25-41-27-47-69(93)83-48-32-97-71(95)72(33-102-66(59(83)58(81(47)5)55(41)60(91)61(36)96-6)57-56(48)65-63(99-35-100-65)37(2)62(57)101-38(3)84)67-43(22-23-77-72)44-28-42(18-19-45(44)79-67)80(4)70(94)64(40-16-17-40)98-34-76-51(87)30-75-68(92)46(26-39-13-9-7-10-14-39)78-52(88)31-74-50(86)29-73-49(85)15-11-8-12-24-82-53(89)20-21-54(82)90/h7,9-10,13-14,18-21,25,28,40,46-48,58-59,64,66,69,77,79,91,93H,8,11-12,15-17,22-24,26-27,29-35H2,1-6H3,(H,73,85)(H,74,86)(H,75,92)(H,76,87)(H,78,88)/t46-,47+,48-,58-,59+,64+,66+,69-,72+/m0/s1. The van der Waals surface area contributed by atoms with Gasteiger partial charge in [-0.2, -0.15) is 0 Å². The van der Waals surface area contributed by atoms with Crippen LogP contribution in [0, 0.1) is 19.8 Å². The van der Waals surface area contributed by atoms with Gasteiger partial charge in [-0.15, -0.1) is 11.8 Å². The Morgan fingerprint density at radius 2 is 1.57 bits per heavy atom. The molecule has 4 bridgehead atoms. The van der Waals surface area contributed by atoms with E-state index >= 15 is 4.79 Å². The Labute approximate surface area is 591 Å². The van der Waals surface area contributed by atoms with Gasteiger partial charge in [-0.3, -0.25) is 63.2 Å². The first-order chi connectivity index (χ1) is 49.1. The van der Waals surface area contributed by atoms with Crippen LogP contribution in [-0.4, -0.2) is 199 Å². The number of carbonyl (C=O) groups is 10. The number of phenolic OH excluding ortho intramolecular Hbond substituents is 1. The van der Waals surface area contributed by atoms with Crippen molar-refractivity contribution in [1.82, 2.24) is 51.6 Å². The fourth-order valence-corrected chi connectivity index (χ4v) is 17.2. The summed E-state index contributed by atoms with van der Waals surface area (Å²) in [6.45, 7) is 3.40. The highest BCUT2D eigenvalue weighted by atomic mass is 32.2. The summed E-state index contributed by atoms with van der Waals surface area (Å²) in [6.07, 6.45) is 4.31. The van der Waals surface area contributed by atoms with Crippen molar-refractivity contribution >= 4 is 87.5 Å². The van der Waals surface area contributed by atoms with Gasteiger partial charge in [0.25, 0.3) is 17.7 Å². The molecule has 29 nitrogen and oxygen atoms in total. The molecule has 0 unspecified atom stereocenters. The average molecular weight is 1420 g/mol. The summed E-state index contributed by atoms with van der Waals surface area (Å²) >= 11 is 1.43. The van der Waals surface area contributed by atoms with Crippen molar-refractivity contribution in [3.63, 3.8) is 0 Å². The monoisotopic (exact) mass is 1420 g/mol. The zero-order valence-corrected chi connectivity index (χ0v) is 58.2. The number of methoxy groups -OCH3 is 1. The van der Waals surface area contributed by atoms with Crippen molar-refractivity contribution in [2.45, 2.75) is 132 Å². The predicted octanol–water partition coefficient (Wildman–Crippen LogP) is 2.57. The van der Waals surface area contributed by atoms with Crippen LogP contribution in [0.15, 0.2) is 66.7 Å². The van der Waals surface area contributed by atoms with E-state index in [-0.39, 0.29) is 80.4 Å². The largest absolute Gasteiger partial charge is 0.504 e. The fraction of sp³-hybridized carbons (Fsp3) is 0.472. The molecule has 1 aromatic heterocycles. The molecule has 9 heterocycles. The number of aliphatic hydroxyl groups is 1. The highest BCUT2D eigenvalue weighted by molar-refractivity contribution is 7.99. The number of H-pyrrole nitrogens is 1. The highest BCUT2D eigenvalue weighted by Gasteiger charge is 2.62. The van der Waals surface area contributed by atoms with E-state index in [0.717, 1.165) is 27.0 Å². The lowest BCUT2D eigenvalue weighted by molar-refractivity contribution is -0.186. The number of unbranched alkanes of at least 4 members (excludes halogenated alkanes) is 2. The molecule has 14 rings (SSSR count). The third-order valence-corrected chi connectivity index (χ3v) is 22.2. The number of imide groups is 1. The lowest BCUT2D eigenvalue weighted by atomic mass is 9.73. The number of hydrogen-bond acceptors (Lipinski definition) is 22. The van der Waals surface area contributed by atoms with Crippen LogP contribution in [0.3, 0.4) is 0 Å². The number of likely N-dealkylation sites (N-methyl/N-ethyl adjacent to an activating group) is 2. The third-order valence-electron chi connectivity index (χ3n) is 20.7. The maximum Gasteiger partial charge on any atom is 0.333 e. The zero-order valence-electron chi connectivity index (χ0n) is 57.4. The summed E-state index contributed by atoms with van der Waals surface area (Å²) in [6, 6.07) is 12.6. The first kappa shape index (κ1) is 70.8. The lowest BCUT2D eigenvalue weighted by Crippen LogP contribution is -2.70. The zero-order chi connectivity index (χ0) is 72.0. The van der Waals surface area contributed by atoms with Gasteiger partial charge in [-0.1, -0.05) is 42.8 Å². The maximum atomic E-state index is 15.5. The Bertz CT molecular complexity index is 4240. The number of aliphatic hydroxyl groups excluding tert-OH is 1. The van der Waals surface area contributed by atoms with Gasteiger partial charge in [0.15, 0.2) is 28.5 Å². The first-order valence-corrected chi connectivity index (χ1v) is 35.4. The number of aromatic nitrogens is 1. The van der Waals surface area contributed by atoms with Gasteiger partial charge < -0.3 is 75.1 Å². The van der Waals surface area contributed by atoms with E-state index in [1.54, 1.807) is 43.4 Å². The quantitative estimate of drug-likeness (QED) is 0.0141. The molecule has 8 aliphatic heterocycles. The number of hydrogen-bond donors (Lipinski definition) is 9. The molecule has 9 aliphatic rings. The second kappa shape index (κ2) is 29.4. The highest BCUT2D eigenvalue weighted by Crippen LogP contribution is 2.64. The molecule has 5 aromatic rings. The predicted molar refractivity (Wildman–Crippen MR) is 368 cm³/mol. The van der Waals surface area contributed by atoms with Gasteiger partial charge in [0.1, 0.15) is 37.5 Å². The third kappa shape index (κ3) is 13.6. The van der Waals surface area contributed by atoms with Crippen LogP contribution in [0.2, 0.25) is 0 Å². The Morgan fingerprint density at radius 1 is 0.843 bits per heavy atom. The Balaban J connectivity index is 0.668. The van der Waals surface area contributed by atoms with E-state index in [2.05, 4.69) is 41.8 Å². The molecule has 1 spiro atoms. The molecule has 8 amide bonds. The van der Waals surface area contributed by atoms with E-state index in [9.17, 15) is 53.4 Å². The average Bonchev–Trinajstić information content (AvgIpc) is 0.996. The van der Waals surface area contributed by atoms with Gasteiger partial charge in [0.2, 0.25) is 36.3 Å². The van der Waals surface area contributed by atoms with Gasteiger partial charge in [-0.25, -0.2) is 4.79 Å². The van der Waals surface area contributed by atoms with Gasteiger partial charge in [-0.05, 0) is 106 Å². The summed E-state index contributed by atoms with van der Waals surface area (Å²) in [4.78, 5) is 142. The van der Waals surface area contributed by atoms with Crippen LogP contribution in [0.25, 0.3) is 10.9 Å². The molecule has 9 atom stereocenters. The molecule has 102 heavy (non-hydrogen) atoms. The van der Waals surface area contributed by atoms with Crippen molar-refractivity contribution in [1.29, 1.82) is 0 Å². The van der Waals surface area contributed by atoms with Gasteiger partial charge in [0, 0.05) is 103 Å². The van der Waals surface area contributed by atoms with E-state index in [1.807, 2.05) is 44.0 Å². The van der Waals surface area contributed by atoms with E-state index in [1.165, 1.54) is 42.8 Å². The number of nitrogens with one attached hydrogen (secondary N) is 7. The van der Waals surface area contributed by atoms with E-state index < -0.39 is 114 Å². The van der Waals surface area contributed by atoms with Gasteiger partial charge in [0.05, 0.1) is 55.8 Å². The second-order valence-corrected chi connectivity index (χ2v) is 28.2. The fourth-order valence-electron chi connectivity index (χ4n) is 15.5. The number of aromatic amines is 1. The minimum Gasteiger partial charge on any atom is -0.504 e. The summed E-state index contributed by atoms with van der Waals surface area (Å²) in [5.41, 5.74) is 5.80. The number of amides is 8. The lowest BCUT2D eigenvalue weighted by Gasteiger charge is -2.62. The minimum absolute atomic E-state index is 0.00984. The van der Waals surface area contributed by atoms with E-state index in [4.69, 9.17) is 28.4 Å². The molecule has 30 heteroatoms.